The highest BCUT2D eigenvalue weighted by atomic mass is 16.4. The summed E-state index contributed by atoms with van der Waals surface area (Å²) in [4.78, 5) is 32.7. The summed E-state index contributed by atoms with van der Waals surface area (Å²) in [7, 11) is 0. The third-order valence-electron chi connectivity index (χ3n) is 3.03. The summed E-state index contributed by atoms with van der Waals surface area (Å²) in [5.41, 5.74) is 0.561. The van der Waals surface area contributed by atoms with E-state index in [2.05, 4.69) is 0 Å². The lowest BCUT2D eigenvalue weighted by Gasteiger charge is -1.97. The second-order valence-electron chi connectivity index (χ2n) is 4.70. The van der Waals surface area contributed by atoms with Crippen LogP contribution in [0.5, 0.6) is 0 Å². The van der Waals surface area contributed by atoms with Gasteiger partial charge in [0.25, 0.3) is 0 Å². The smallest absolute Gasteiger partial charge is 0.339 e. The van der Waals surface area contributed by atoms with Crippen LogP contribution in [0.25, 0.3) is 0 Å². The Morgan fingerprint density at radius 2 is 1.70 bits per heavy atom. The first-order valence-corrected chi connectivity index (χ1v) is 6.38. The number of aromatic carboxylic acids is 1. The molecule has 20 heavy (non-hydrogen) atoms. The maximum atomic E-state index is 11.2. The van der Waals surface area contributed by atoms with Crippen LogP contribution in [0.2, 0.25) is 0 Å². The molecule has 110 valence electrons. The first-order valence-electron chi connectivity index (χ1n) is 6.38. The van der Waals surface area contributed by atoms with E-state index in [1.807, 2.05) is 0 Å². The van der Waals surface area contributed by atoms with Crippen molar-refractivity contribution in [2.45, 2.75) is 46.0 Å². The molecule has 1 aromatic rings. The van der Waals surface area contributed by atoms with Crippen molar-refractivity contribution in [1.29, 1.82) is 0 Å². The van der Waals surface area contributed by atoms with E-state index in [9.17, 15) is 19.5 Å². The van der Waals surface area contributed by atoms with Crippen LogP contribution in [0.1, 0.15) is 53.6 Å². The maximum absolute atomic E-state index is 11.2. The minimum Gasteiger partial charge on any atom is -0.481 e. The summed E-state index contributed by atoms with van der Waals surface area (Å²) < 4.78 is 5.48. The minimum atomic E-state index is -1.12. The quantitative estimate of drug-likeness (QED) is 0.757. The number of carbonyl (C=O) groups is 3. The fourth-order valence-electron chi connectivity index (χ4n) is 2.04. The number of hydrogen-bond donors (Lipinski definition) is 2. The van der Waals surface area contributed by atoms with Gasteiger partial charge in [-0.3, -0.25) is 4.79 Å². The molecule has 0 aliphatic heterocycles. The molecule has 0 aliphatic rings. The van der Waals surface area contributed by atoms with Crippen molar-refractivity contribution in [3.63, 3.8) is 0 Å². The Bertz CT molecular complexity index is 526. The molecule has 0 unspecified atom stereocenters. The molecule has 1 rings (SSSR count). The summed E-state index contributed by atoms with van der Waals surface area (Å²) >= 11 is 0. The molecule has 2 N–H and O–H groups in total. The van der Waals surface area contributed by atoms with Gasteiger partial charge in [-0.1, -0.05) is 0 Å². The molecule has 0 bridgehead atoms. The van der Waals surface area contributed by atoms with Crippen LogP contribution >= 0.6 is 0 Å². The van der Waals surface area contributed by atoms with Crippen LogP contribution < -0.4 is 0 Å². The van der Waals surface area contributed by atoms with E-state index in [4.69, 9.17) is 9.52 Å². The second-order valence-corrected chi connectivity index (χ2v) is 4.70. The van der Waals surface area contributed by atoms with E-state index in [0.717, 1.165) is 0 Å². The second kappa shape index (κ2) is 6.88. The average molecular weight is 282 g/mol. The highest BCUT2D eigenvalue weighted by molar-refractivity contribution is 5.91. The van der Waals surface area contributed by atoms with Gasteiger partial charge in [0.05, 0.1) is 6.42 Å². The molecule has 0 fully saturated rings. The van der Waals surface area contributed by atoms with Gasteiger partial charge in [0.1, 0.15) is 22.9 Å². The monoisotopic (exact) mass is 282 g/mol. The first-order chi connectivity index (χ1) is 9.32. The lowest BCUT2D eigenvalue weighted by atomic mass is 10.0. The highest BCUT2D eigenvalue weighted by Crippen LogP contribution is 2.25. The third-order valence-corrected chi connectivity index (χ3v) is 3.03. The summed E-state index contributed by atoms with van der Waals surface area (Å²) in [6.45, 7) is 3.14. The summed E-state index contributed by atoms with van der Waals surface area (Å²) in [5.74, 6) is -1.35. The van der Waals surface area contributed by atoms with E-state index >= 15 is 0 Å². The predicted octanol–water partition coefficient (Wildman–Crippen LogP) is 2.22. The van der Waals surface area contributed by atoms with Crippen molar-refractivity contribution >= 4 is 17.7 Å². The normalized spacial score (nSPS) is 10.5. The summed E-state index contributed by atoms with van der Waals surface area (Å²) in [5, 5.41) is 17.8. The third kappa shape index (κ3) is 4.22. The number of hydrogen-bond acceptors (Lipinski definition) is 4. The SMILES string of the molecule is CC(=O)CCCc1oc(CCC(=O)O)c(C(=O)O)c1C. The fraction of sp³-hybridized carbons (Fsp3) is 0.500. The van der Waals surface area contributed by atoms with Gasteiger partial charge < -0.3 is 19.4 Å². The highest BCUT2D eigenvalue weighted by Gasteiger charge is 2.22. The molecule has 0 aliphatic carbocycles. The van der Waals surface area contributed by atoms with Gasteiger partial charge in [0, 0.05) is 24.8 Å². The summed E-state index contributed by atoms with van der Waals surface area (Å²) in [6, 6.07) is 0. The average Bonchev–Trinajstić information content (AvgIpc) is 2.63. The number of carboxylic acids is 2. The molecule has 0 aromatic carbocycles. The maximum Gasteiger partial charge on any atom is 0.339 e. The molecule has 6 heteroatoms. The minimum absolute atomic E-state index is 0.0454. The molecule has 0 saturated heterocycles. The zero-order valence-corrected chi connectivity index (χ0v) is 11.6. The number of ketones is 1. The van der Waals surface area contributed by atoms with Crippen LogP contribution in [-0.4, -0.2) is 27.9 Å². The Morgan fingerprint density at radius 3 is 2.20 bits per heavy atom. The Hall–Kier alpha value is -2.11. The number of aryl methyl sites for hydroxylation is 2. The van der Waals surface area contributed by atoms with Gasteiger partial charge in [-0.15, -0.1) is 0 Å². The zero-order valence-electron chi connectivity index (χ0n) is 11.6. The van der Waals surface area contributed by atoms with Gasteiger partial charge in [0.2, 0.25) is 0 Å². The topological polar surface area (TPSA) is 105 Å². The predicted molar refractivity (Wildman–Crippen MR) is 70.0 cm³/mol. The molecule has 6 nitrogen and oxygen atoms in total. The number of carbonyl (C=O) groups excluding carboxylic acids is 1. The van der Waals surface area contributed by atoms with E-state index in [1.54, 1.807) is 6.92 Å². The Kier molecular flexibility index (Phi) is 5.49. The number of carboxylic acid groups (broad SMARTS) is 2. The molecular formula is C14H18O6. The number of furan rings is 1. The number of rotatable bonds is 8. The van der Waals surface area contributed by atoms with Crippen molar-refractivity contribution in [3.05, 3.63) is 22.6 Å². The van der Waals surface area contributed by atoms with Gasteiger partial charge in [-0.25, -0.2) is 4.79 Å². The van der Waals surface area contributed by atoms with Crippen LogP contribution in [0, 0.1) is 6.92 Å². The van der Waals surface area contributed by atoms with Gasteiger partial charge in [-0.2, -0.15) is 0 Å². The molecule has 0 spiro atoms. The fourth-order valence-corrected chi connectivity index (χ4v) is 2.04. The molecule has 0 atom stereocenters. The molecular weight excluding hydrogens is 264 g/mol. The Balaban J connectivity index is 2.90. The van der Waals surface area contributed by atoms with E-state index in [-0.39, 0.29) is 29.9 Å². The molecule has 1 heterocycles. The van der Waals surface area contributed by atoms with Crippen molar-refractivity contribution in [2.75, 3.05) is 0 Å². The largest absolute Gasteiger partial charge is 0.481 e. The standard InChI is InChI=1S/C14H18O6/c1-8(15)4-3-5-10-9(2)13(14(18)19)11(20-10)6-7-12(16)17/h3-7H2,1-2H3,(H,16,17)(H,18,19). The number of Topliss-reactive ketones (excluding diaryl/α,β-unsaturated/α-hetero) is 1. The van der Waals surface area contributed by atoms with Crippen LogP contribution in [-0.2, 0) is 22.4 Å². The molecule has 0 amide bonds. The van der Waals surface area contributed by atoms with Crippen molar-refractivity contribution in [2.24, 2.45) is 0 Å². The van der Waals surface area contributed by atoms with Crippen molar-refractivity contribution in [3.8, 4) is 0 Å². The van der Waals surface area contributed by atoms with E-state index in [0.29, 0.717) is 30.6 Å². The number of aliphatic carboxylic acids is 1. The lowest BCUT2D eigenvalue weighted by Crippen LogP contribution is -2.04. The molecule has 0 radical (unpaired) electrons. The van der Waals surface area contributed by atoms with E-state index in [1.165, 1.54) is 6.92 Å². The van der Waals surface area contributed by atoms with Crippen LogP contribution in [0.3, 0.4) is 0 Å². The van der Waals surface area contributed by atoms with Crippen molar-refractivity contribution < 1.29 is 29.0 Å². The Morgan fingerprint density at radius 1 is 1.05 bits per heavy atom. The van der Waals surface area contributed by atoms with Gasteiger partial charge in [0.15, 0.2) is 0 Å². The van der Waals surface area contributed by atoms with Crippen LogP contribution in [0.15, 0.2) is 4.42 Å². The zero-order chi connectivity index (χ0) is 15.3. The van der Waals surface area contributed by atoms with Crippen molar-refractivity contribution in [1.82, 2.24) is 0 Å². The summed E-state index contributed by atoms with van der Waals surface area (Å²) in [6.07, 6.45) is 1.33. The lowest BCUT2D eigenvalue weighted by molar-refractivity contribution is -0.137. The molecule has 0 saturated carbocycles. The van der Waals surface area contributed by atoms with E-state index < -0.39 is 11.9 Å². The first kappa shape index (κ1) is 15.9. The van der Waals surface area contributed by atoms with Gasteiger partial charge >= 0.3 is 11.9 Å². The Labute approximate surface area is 116 Å². The van der Waals surface area contributed by atoms with Crippen LogP contribution in [0.4, 0.5) is 0 Å². The molecule has 1 aromatic heterocycles. The van der Waals surface area contributed by atoms with Gasteiger partial charge in [-0.05, 0) is 20.3 Å².